The molecule has 0 heterocycles. The summed E-state index contributed by atoms with van der Waals surface area (Å²) in [5, 5.41) is 10.0. The number of aliphatic hydroxyl groups excluding tert-OH is 1. The van der Waals surface area contributed by atoms with Crippen LogP contribution in [0.25, 0.3) is 0 Å². The van der Waals surface area contributed by atoms with Crippen molar-refractivity contribution in [1.29, 1.82) is 0 Å². The Morgan fingerprint density at radius 3 is 2.75 bits per heavy atom. The van der Waals surface area contributed by atoms with Crippen LogP contribution in [-0.2, 0) is 0 Å². The Bertz CT molecular complexity index is 345. The Balaban J connectivity index is 2.48. The molecule has 1 unspecified atom stereocenters. The van der Waals surface area contributed by atoms with E-state index in [-0.39, 0.29) is 6.61 Å². The first-order valence-electron chi connectivity index (χ1n) is 4.99. The van der Waals surface area contributed by atoms with E-state index in [1.807, 2.05) is 19.0 Å². The lowest BCUT2D eigenvalue weighted by atomic mass is 10.3. The van der Waals surface area contributed by atoms with Gasteiger partial charge in [-0.3, -0.25) is 0 Å². The van der Waals surface area contributed by atoms with E-state index in [0.717, 1.165) is 0 Å². The second-order valence-corrected chi connectivity index (χ2v) is 4.32. The summed E-state index contributed by atoms with van der Waals surface area (Å²) in [6.45, 7) is 0.758. The molecular weight excluding hydrogens is 228 g/mol. The first-order valence-corrected chi connectivity index (χ1v) is 5.37. The molecular formula is C11H17ClN2O2. The van der Waals surface area contributed by atoms with E-state index in [2.05, 4.69) is 0 Å². The van der Waals surface area contributed by atoms with Gasteiger partial charge in [0.25, 0.3) is 0 Å². The Hall–Kier alpha value is -0.970. The molecule has 0 aliphatic carbocycles. The number of nitrogen functional groups attached to an aromatic ring is 1. The molecule has 0 fully saturated rings. The minimum atomic E-state index is -0.538. The molecule has 0 amide bonds. The standard InChI is InChI=1S/C11H17ClN2O2/c1-14(2)6-9(15)7-16-11-4-3-8(13)5-10(11)12/h3-5,9,15H,6-7,13H2,1-2H3. The summed E-state index contributed by atoms with van der Waals surface area (Å²) in [5.74, 6) is 0.536. The zero-order chi connectivity index (χ0) is 12.1. The molecule has 0 saturated heterocycles. The van der Waals surface area contributed by atoms with Crippen LogP contribution in [0.15, 0.2) is 18.2 Å². The van der Waals surface area contributed by atoms with E-state index in [0.29, 0.717) is 23.0 Å². The van der Waals surface area contributed by atoms with Gasteiger partial charge in [-0.2, -0.15) is 0 Å². The maximum Gasteiger partial charge on any atom is 0.138 e. The van der Waals surface area contributed by atoms with Crippen LogP contribution in [-0.4, -0.2) is 43.4 Å². The van der Waals surface area contributed by atoms with Crippen LogP contribution in [0.5, 0.6) is 5.75 Å². The van der Waals surface area contributed by atoms with Gasteiger partial charge in [-0.1, -0.05) is 11.6 Å². The number of likely N-dealkylation sites (N-methyl/N-ethyl adjacent to an activating group) is 1. The fourth-order valence-corrected chi connectivity index (χ4v) is 1.54. The molecule has 0 radical (unpaired) electrons. The molecule has 1 atom stereocenters. The summed E-state index contributed by atoms with van der Waals surface area (Å²) in [6, 6.07) is 5.02. The summed E-state index contributed by atoms with van der Waals surface area (Å²) >= 11 is 5.92. The lowest BCUT2D eigenvalue weighted by molar-refractivity contribution is 0.0832. The highest BCUT2D eigenvalue weighted by Gasteiger charge is 2.08. The molecule has 90 valence electrons. The first-order chi connectivity index (χ1) is 7.49. The Morgan fingerprint density at radius 1 is 1.50 bits per heavy atom. The zero-order valence-corrected chi connectivity index (χ0v) is 10.2. The first kappa shape index (κ1) is 13.1. The molecule has 1 aromatic rings. The van der Waals surface area contributed by atoms with Crippen molar-refractivity contribution in [2.24, 2.45) is 0 Å². The summed E-state index contributed by atoms with van der Waals surface area (Å²) in [4.78, 5) is 1.89. The van der Waals surface area contributed by atoms with Crippen LogP contribution in [0.3, 0.4) is 0 Å². The molecule has 0 aliphatic heterocycles. The molecule has 3 N–H and O–H groups in total. The Kier molecular flexibility index (Phi) is 4.86. The van der Waals surface area contributed by atoms with Gasteiger partial charge >= 0.3 is 0 Å². The van der Waals surface area contributed by atoms with Gasteiger partial charge in [-0.25, -0.2) is 0 Å². The topological polar surface area (TPSA) is 58.7 Å². The number of rotatable bonds is 5. The molecule has 0 spiro atoms. The average Bonchev–Trinajstić information content (AvgIpc) is 2.15. The maximum absolute atomic E-state index is 9.59. The van der Waals surface area contributed by atoms with E-state index in [4.69, 9.17) is 22.1 Å². The van der Waals surface area contributed by atoms with Crippen LogP contribution in [0.4, 0.5) is 5.69 Å². The number of hydrogen-bond acceptors (Lipinski definition) is 4. The van der Waals surface area contributed by atoms with Crippen molar-refractivity contribution < 1.29 is 9.84 Å². The summed E-state index contributed by atoms with van der Waals surface area (Å²) < 4.78 is 5.39. The molecule has 1 aromatic carbocycles. The van der Waals surface area contributed by atoms with Crippen molar-refractivity contribution in [3.63, 3.8) is 0 Å². The van der Waals surface area contributed by atoms with E-state index in [1.54, 1.807) is 18.2 Å². The highest BCUT2D eigenvalue weighted by Crippen LogP contribution is 2.26. The van der Waals surface area contributed by atoms with Crippen molar-refractivity contribution in [2.75, 3.05) is 33.0 Å². The van der Waals surface area contributed by atoms with Gasteiger partial charge in [0.15, 0.2) is 0 Å². The summed E-state index contributed by atoms with van der Waals surface area (Å²) in [5.41, 5.74) is 6.14. The molecule has 16 heavy (non-hydrogen) atoms. The predicted molar refractivity (Wildman–Crippen MR) is 65.9 cm³/mol. The maximum atomic E-state index is 9.59. The van der Waals surface area contributed by atoms with Gasteiger partial charge in [-0.05, 0) is 32.3 Å². The SMILES string of the molecule is CN(C)CC(O)COc1ccc(N)cc1Cl. The minimum Gasteiger partial charge on any atom is -0.489 e. The van der Waals surface area contributed by atoms with Crippen LogP contribution < -0.4 is 10.5 Å². The minimum absolute atomic E-state index is 0.210. The van der Waals surface area contributed by atoms with E-state index >= 15 is 0 Å². The van der Waals surface area contributed by atoms with E-state index < -0.39 is 6.10 Å². The van der Waals surface area contributed by atoms with Crippen LogP contribution in [0.2, 0.25) is 5.02 Å². The Morgan fingerprint density at radius 2 is 2.19 bits per heavy atom. The van der Waals surface area contributed by atoms with Crippen LogP contribution >= 0.6 is 11.6 Å². The number of nitrogens with two attached hydrogens (primary N) is 1. The quantitative estimate of drug-likeness (QED) is 0.765. The largest absolute Gasteiger partial charge is 0.489 e. The molecule has 4 nitrogen and oxygen atoms in total. The lowest BCUT2D eigenvalue weighted by Gasteiger charge is -2.17. The lowest BCUT2D eigenvalue weighted by Crippen LogP contribution is -2.30. The van der Waals surface area contributed by atoms with Crippen molar-refractivity contribution in [3.05, 3.63) is 23.2 Å². The smallest absolute Gasteiger partial charge is 0.138 e. The van der Waals surface area contributed by atoms with E-state index in [1.165, 1.54) is 0 Å². The molecule has 5 heteroatoms. The van der Waals surface area contributed by atoms with Crippen molar-refractivity contribution in [1.82, 2.24) is 4.90 Å². The molecule has 1 rings (SSSR count). The highest BCUT2D eigenvalue weighted by atomic mass is 35.5. The van der Waals surface area contributed by atoms with Gasteiger partial charge in [0.2, 0.25) is 0 Å². The zero-order valence-electron chi connectivity index (χ0n) is 9.48. The van der Waals surface area contributed by atoms with Gasteiger partial charge in [0, 0.05) is 12.2 Å². The number of halogens is 1. The number of nitrogens with zero attached hydrogens (tertiary/aromatic N) is 1. The average molecular weight is 245 g/mol. The molecule has 0 aliphatic rings. The second kappa shape index (κ2) is 5.94. The molecule has 0 aromatic heterocycles. The monoisotopic (exact) mass is 244 g/mol. The molecule has 0 saturated carbocycles. The number of anilines is 1. The van der Waals surface area contributed by atoms with Crippen molar-refractivity contribution >= 4 is 17.3 Å². The number of ether oxygens (including phenoxy) is 1. The number of benzene rings is 1. The third kappa shape index (κ3) is 4.26. The van der Waals surface area contributed by atoms with Crippen LogP contribution in [0, 0.1) is 0 Å². The van der Waals surface area contributed by atoms with Gasteiger partial charge in [-0.15, -0.1) is 0 Å². The predicted octanol–water partition coefficient (Wildman–Crippen LogP) is 1.22. The molecule has 0 bridgehead atoms. The van der Waals surface area contributed by atoms with Gasteiger partial charge < -0.3 is 20.5 Å². The normalized spacial score (nSPS) is 12.8. The fraction of sp³-hybridized carbons (Fsp3) is 0.455. The second-order valence-electron chi connectivity index (χ2n) is 3.92. The third-order valence-corrected chi connectivity index (χ3v) is 2.26. The summed E-state index contributed by atoms with van der Waals surface area (Å²) in [7, 11) is 3.78. The van der Waals surface area contributed by atoms with E-state index in [9.17, 15) is 5.11 Å². The fourth-order valence-electron chi connectivity index (χ4n) is 1.29. The number of hydrogen-bond donors (Lipinski definition) is 2. The van der Waals surface area contributed by atoms with Crippen LogP contribution in [0.1, 0.15) is 0 Å². The summed E-state index contributed by atoms with van der Waals surface area (Å²) in [6.07, 6.45) is -0.538. The number of aliphatic hydroxyl groups is 1. The van der Waals surface area contributed by atoms with Crippen molar-refractivity contribution in [2.45, 2.75) is 6.10 Å². The van der Waals surface area contributed by atoms with Crippen molar-refractivity contribution in [3.8, 4) is 5.75 Å². The Labute approximate surface area is 101 Å². The highest BCUT2D eigenvalue weighted by molar-refractivity contribution is 6.32. The third-order valence-electron chi connectivity index (χ3n) is 1.96. The van der Waals surface area contributed by atoms with Gasteiger partial charge in [0.1, 0.15) is 18.5 Å². The van der Waals surface area contributed by atoms with Gasteiger partial charge in [0.05, 0.1) is 5.02 Å².